The first-order chi connectivity index (χ1) is 10.8. The summed E-state index contributed by atoms with van der Waals surface area (Å²) in [6, 6.07) is 13.8. The van der Waals surface area contributed by atoms with Crippen molar-refractivity contribution in [1.29, 1.82) is 0 Å². The standard InChI is InChI=1S/C17H16ClN3S/c18-14-6-4-13(5-7-14)16-11-21-17(22-16)12-19-10-8-15-3-1-2-9-20-15/h1-7,9,11,19H,8,10,12H2. The third-order valence-electron chi connectivity index (χ3n) is 3.24. The van der Waals surface area contributed by atoms with Gasteiger partial charge >= 0.3 is 0 Å². The normalized spacial score (nSPS) is 10.8. The molecule has 1 N–H and O–H groups in total. The van der Waals surface area contributed by atoms with E-state index in [0.29, 0.717) is 0 Å². The molecule has 0 saturated carbocycles. The van der Waals surface area contributed by atoms with Crippen molar-refractivity contribution in [3.05, 3.63) is 70.6 Å². The van der Waals surface area contributed by atoms with Crippen molar-refractivity contribution in [3.8, 4) is 10.4 Å². The molecule has 3 nitrogen and oxygen atoms in total. The Morgan fingerprint density at radius 3 is 2.68 bits per heavy atom. The fraction of sp³-hybridized carbons (Fsp3) is 0.176. The van der Waals surface area contributed by atoms with E-state index in [1.807, 2.05) is 54.9 Å². The van der Waals surface area contributed by atoms with Crippen LogP contribution in [0.3, 0.4) is 0 Å². The van der Waals surface area contributed by atoms with Crippen LogP contribution in [0.5, 0.6) is 0 Å². The summed E-state index contributed by atoms with van der Waals surface area (Å²) in [5.41, 5.74) is 2.26. The summed E-state index contributed by atoms with van der Waals surface area (Å²) >= 11 is 7.62. The molecule has 0 spiro atoms. The van der Waals surface area contributed by atoms with Crippen molar-refractivity contribution in [3.63, 3.8) is 0 Å². The van der Waals surface area contributed by atoms with E-state index < -0.39 is 0 Å². The number of rotatable bonds is 6. The maximum atomic E-state index is 5.91. The molecule has 0 unspecified atom stereocenters. The molecule has 5 heteroatoms. The highest BCUT2D eigenvalue weighted by molar-refractivity contribution is 7.15. The summed E-state index contributed by atoms with van der Waals surface area (Å²) in [6.45, 7) is 1.68. The van der Waals surface area contributed by atoms with E-state index >= 15 is 0 Å². The van der Waals surface area contributed by atoms with E-state index in [4.69, 9.17) is 11.6 Å². The van der Waals surface area contributed by atoms with Gasteiger partial charge in [0.25, 0.3) is 0 Å². The molecule has 0 saturated heterocycles. The van der Waals surface area contributed by atoms with Crippen LogP contribution >= 0.6 is 22.9 Å². The molecule has 112 valence electrons. The number of hydrogen-bond donors (Lipinski definition) is 1. The topological polar surface area (TPSA) is 37.8 Å². The second kappa shape index (κ2) is 7.49. The summed E-state index contributed by atoms with van der Waals surface area (Å²) in [5, 5.41) is 5.25. The zero-order valence-electron chi connectivity index (χ0n) is 12.0. The fourth-order valence-corrected chi connectivity index (χ4v) is 3.12. The molecule has 0 aliphatic rings. The van der Waals surface area contributed by atoms with Crippen molar-refractivity contribution in [2.24, 2.45) is 0 Å². The largest absolute Gasteiger partial charge is 0.310 e. The number of thiazole rings is 1. The van der Waals surface area contributed by atoms with Gasteiger partial charge in [-0.15, -0.1) is 11.3 Å². The van der Waals surface area contributed by atoms with Crippen molar-refractivity contribution < 1.29 is 0 Å². The van der Waals surface area contributed by atoms with Crippen LogP contribution in [0.1, 0.15) is 10.7 Å². The molecule has 0 aliphatic carbocycles. The van der Waals surface area contributed by atoms with Crippen LogP contribution in [0.2, 0.25) is 5.02 Å². The van der Waals surface area contributed by atoms with Crippen LogP contribution < -0.4 is 5.32 Å². The van der Waals surface area contributed by atoms with Gasteiger partial charge in [-0.05, 0) is 29.8 Å². The zero-order chi connectivity index (χ0) is 15.2. The molecule has 2 aromatic heterocycles. The van der Waals surface area contributed by atoms with Crippen molar-refractivity contribution in [1.82, 2.24) is 15.3 Å². The Morgan fingerprint density at radius 2 is 1.91 bits per heavy atom. The second-order valence-corrected chi connectivity index (χ2v) is 6.42. The molecule has 1 aromatic carbocycles. The average molecular weight is 330 g/mol. The van der Waals surface area contributed by atoms with E-state index in [0.717, 1.165) is 45.7 Å². The number of nitrogens with one attached hydrogen (secondary N) is 1. The minimum absolute atomic E-state index is 0.754. The van der Waals surface area contributed by atoms with Gasteiger partial charge < -0.3 is 5.32 Å². The third-order valence-corrected chi connectivity index (χ3v) is 4.54. The van der Waals surface area contributed by atoms with Crippen LogP contribution in [0, 0.1) is 0 Å². The van der Waals surface area contributed by atoms with Crippen LogP contribution in [0.4, 0.5) is 0 Å². The molecule has 2 heterocycles. The third kappa shape index (κ3) is 4.13. The molecule has 0 aliphatic heterocycles. The molecular formula is C17H16ClN3S. The first-order valence-corrected chi connectivity index (χ1v) is 8.32. The SMILES string of the molecule is Clc1ccc(-c2cnc(CNCCc3ccccn3)s2)cc1. The van der Waals surface area contributed by atoms with E-state index in [9.17, 15) is 0 Å². The van der Waals surface area contributed by atoms with Gasteiger partial charge in [-0.1, -0.05) is 29.8 Å². The Hall–Kier alpha value is -1.75. The molecule has 3 rings (SSSR count). The van der Waals surface area contributed by atoms with Gasteiger partial charge in [-0.2, -0.15) is 0 Å². The predicted molar refractivity (Wildman–Crippen MR) is 92.2 cm³/mol. The Bertz CT molecular complexity index is 710. The molecular weight excluding hydrogens is 314 g/mol. The van der Waals surface area contributed by atoms with E-state index in [1.165, 1.54) is 0 Å². The van der Waals surface area contributed by atoms with Gasteiger partial charge in [-0.3, -0.25) is 4.98 Å². The lowest BCUT2D eigenvalue weighted by Crippen LogP contribution is -2.16. The highest BCUT2D eigenvalue weighted by Gasteiger charge is 2.04. The van der Waals surface area contributed by atoms with Gasteiger partial charge in [-0.25, -0.2) is 4.98 Å². The lowest BCUT2D eigenvalue weighted by molar-refractivity contribution is 0.677. The number of hydrogen-bond acceptors (Lipinski definition) is 4. The maximum Gasteiger partial charge on any atom is 0.107 e. The lowest BCUT2D eigenvalue weighted by atomic mass is 10.2. The Morgan fingerprint density at radius 1 is 1.05 bits per heavy atom. The van der Waals surface area contributed by atoms with Crippen LogP contribution in [-0.4, -0.2) is 16.5 Å². The summed E-state index contributed by atoms with van der Waals surface area (Å²) in [6.07, 6.45) is 4.68. The summed E-state index contributed by atoms with van der Waals surface area (Å²) in [5.74, 6) is 0. The minimum Gasteiger partial charge on any atom is -0.310 e. The van der Waals surface area contributed by atoms with Crippen LogP contribution in [-0.2, 0) is 13.0 Å². The Balaban J connectivity index is 1.50. The number of pyridine rings is 1. The molecule has 0 atom stereocenters. The average Bonchev–Trinajstić information content (AvgIpc) is 3.02. The fourth-order valence-electron chi connectivity index (χ4n) is 2.10. The van der Waals surface area contributed by atoms with Crippen LogP contribution in [0.15, 0.2) is 54.9 Å². The lowest BCUT2D eigenvalue weighted by Gasteiger charge is -2.02. The summed E-state index contributed by atoms with van der Waals surface area (Å²) < 4.78 is 0. The molecule has 22 heavy (non-hydrogen) atoms. The van der Waals surface area contributed by atoms with Crippen molar-refractivity contribution >= 4 is 22.9 Å². The second-order valence-electron chi connectivity index (χ2n) is 4.87. The molecule has 0 bridgehead atoms. The first kappa shape index (κ1) is 15.2. The number of nitrogens with zero attached hydrogens (tertiary/aromatic N) is 2. The smallest absolute Gasteiger partial charge is 0.107 e. The number of benzene rings is 1. The van der Waals surface area contributed by atoms with E-state index in [-0.39, 0.29) is 0 Å². The first-order valence-electron chi connectivity index (χ1n) is 7.12. The van der Waals surface area contributed by atoms with Crippen LogP contribution in [0.25, 0.3) is 10.4 Å². The Kier molecular flexibility index (Phi) is 5.16. The van der Waals surface area contributed by atoms with Gasteiger partial charge in [0.1, 0.15) is 5.01 Å². The monoisotopic (exact) mass is 329 g/mol. The molecule has 3 aromatic rings. The van der Waals surface area contributed by atoms with E-state index in [2.05, 4.69) is 15.3 Å². The quantitative estimate of drug-likeness (QED) is 0.689. The van der Waals surface area contributed by atoms with Gasteiger partial charge in [0.05, 0.1) is 4.88 Å². The summed E-state index contributed by atoms with van der Waals surface area (Å²) in [7, 11) is 0. The number of aromatic nitrogens is 2. The maximum absolute atomic E-state index is 5.91. The minimum atomic E-state index is 0.754. The molecule has 0 radical (unpaired) electrons. The summed E-state index contributed by atoms with van der Waals surface area (Å²) in [4.78, 5) is 9.94. The van der Waals surface area contributed by atoms with Gasteiger partial charge in [0.2, 0.25) is 0 Å². The van der Waals surface area contributed by atoms with E-state index in [1.54, 1.807) is 11.3 Å². The Labute approximate surface area is 139 Å². The van der Waals surface area contributed by atoms with Crippen molar-refractivity contribution in [2.75, 3.05) is 6.54 Å². The van der Waals surface area contributed by atoms with Gasteiger partial charge in [0.15, 0.2) is 0 Å². The van der Waals surface area contributed by atoms with Gasteiger partial charge in [0, 0.05) is 42.6 Å². The van der Waals surface area contributed by atoms with Crippen molar-refractivity contribution in [2.45, 2.75) is 13.0 Å². The number of halogens is 1. The zero-order valence-corrected chi connectivity index (χ0v) is 13.6. The molecule has 0 fully saturated rings. The molecule has 0 amide bonds. The highest BCUT2D eigenvalue weighted by atomic mass is 35.5. The predicted octanol–water partition coefficient (Wildman–Crippen LogP) is 4.19. The highest BCUT2D eigenvalue weighted by Crippen LogP contribution is 2.27.